The van der Waals surface area contributed by atoms with E-state index in [0.29, 0.717) is 13.0 Å². The van der Waals surface area contributed by atoms with Crippen LogP contribution >= 0.6 is 0 Å². The minimum absolute atomic E-state index is 0.0648. The van der Waals surface area contributed by atoms with Crippen LogP contribution in [0.3, 0.4) is 0 Å². The minimum atomic E-state index is -0.416. The van der Waals surface area contributed by atoms with Crippen LogP contribution in [0.15, 0.2) is 78.9 Å². The van der Waals surface area contributed by atoms with E-state index in [0.717, 1.165) is 23.6 Å². The van der Waals surface area contributed by atoms with Gasteiger partial charge in [0.05, 0.1) is 17.4 Å². The van der Waals surface area contributed by atoms with Crippen molar-refractivity contribution in [3.63, 3.8) is 0 Å². The largest absolute Gasteiger partial charge is 0.366 e. The highest BCUT2D eigenvalue weighted by molar-refractivity contribution is 5.64. The first-order valence-electron chi connectivity index (χ1n) is 8.93. The summed E-state index contributed by atoms with van der Waals surface area (Å²) in [6, 6.07) is 26.6. The average molecular weight is 372 g/mol. The Balaban J connectivity index is 1.71. The molecule has 28 heavy (non-hydrogen) atoms. The molecule has 3 aromatic carbocycles. The molecule has 0 atom stereocenters. The van der Waals surface area contributed by atoms with Crippen LogP contribution in [0.1, 0.15) is 12.0 Å². The van der Waals surface area contributed by atoms with Gasteiger partial charge >= 0.3 is 0 Å². The van der Waals surface area contributed by atoms with Crippen molar-refractivity contribution in [1.29, 1.82) is 5.26 Å². The monoisotopic (exact) mass is 372 g/mol. The lowest BCUT2D eigenvalue weighted by Crippen LogP contribution is -2.23. The lowest BCUT2D eigenvalue weighted by molar-refractivity contribution is -0.384. The van der Waals surface area contributed by atoms with Gasteiger partial charge in [-0.2, -0.15) is 5.26 Å². The van der Waals surface area contributed by atoms with E-state index >= 15 is 0 Å². The molecule has 6 heteroatoms. The third kappa shape index (κ3) is 5.08. The molecule has 0 aliphatic heterocycles. The Kier molecular flexibility index (Phi) is 6.21. The molecule has 0 heterocycles. The molecule has 0 saturated carbocycles. The van der Waals surface area contributed by atoms with Crippen LogP contribution in [-0.2, 0) is 6.54 Å². The third-order valence-electron chi connectivity index (χ3n) is 4.31. The third-order valence-corrected chi connectivity index (χ3v) is 4.31. The van der Waals surface area contributed by atoms with Crippen LogP contribution in [0.25, 0.3) is 0 Å². The summed E-state index contributed by atoms with van der Waals surface area (Å²) in [4.78, 5) is 12.5. The summed E-state index contributed by atoms with van der Waals surface area (Å²) in [5, 5.41) is 22.9. The summed E-state index contributed by atoms with van der Waals surface area (Å²) in [6.07, 6.45) is 0.454. The van der Waals surface area contributed by atoms with E-state index in [1.54, 1.807) is 12.1 Å². The summed E-state index contributed by atoms with van der Waals surface area (Å²) in [5.41, 5.74) is 3.96. The Morgan fingerprint density at radius 2 is 1.54 bits per heavy atom. The number of non-ortho nitro benzene ring substituents is 1. The molecule has 0 saturated heterocycles. The summed E-state index contributed by atoms with van der Waals surface area (Å²) in [5.74, 6) is 0. The molecule has 1 N–H and O–H groups in total. The van der Waals surface area contributed by atoms with Gasteiger partial charge in [-0.05, 0) is 42.0 Å². The second kappa shape index (κ2) is 9.19. The van der Waals surface area contributed by atoms with Crippen LogP contribution in [0.5, 0.6) is 0 Å². The topological polar surface area (TPSA) is 82.2 Å². The number of hydrogen-bond acceptors (Lipinski definition) is 5. The van der Waals surface area contributed by atoms with Gasteiger partial charge in [0.25, 0.3) is 5.69 Å². The van der Waals surface area contributed by atoms with Crippen LogP contribution in [-0.4, -0.2) is 11.5 Å². The molecule has 0 aliphatic rings. The zero-order valence-corrected chi connectivity index (χ0v) is 15.3. The molecule has 0 fully saturated rings. The predicted octanol–water partition coefficient (Wildman–Crippen LogP) is 5.26. The quantitative estimate of drug-likeness (QED) is 0.431. The fourth-order valence-corrected chi connectivity index (χ4v) is 2.88. The van der Waals surface area contributed by atoms with Gasteiger partial charge in [-0.15, -0.1) is 0 Å². The summed E-state index contributed by atoms with van der Waals surface area (Å²) < 4.78 is 0. The van der Waals surface area contributed by atoms with Crippen LogP contribution in [0.4, 0.5) is 22.7 Å². The molecular weight excluding hydrogens is 352 g/mol. The molecule has 0 aromatic heterocycles. The second-order valence-electron chi connectivity index (χ2n) is 6.29. The van der Waals surface area contributed by atoms with Gasteiger partial charge in [-0.3, -0.25) is 10.1 Å². The number of nitro benzene ring substituents is 1. The molecule has 0 radical (unpaired) electrons. The Labute approximate surface area is 163 Å². The molecule has 0 bridgehead atoms. The van der Waals surface area contributed by atoms with Gasteiger partial charge in [0.15, 0.2) is 0 Å². The number of benzene rings is 3. The molecule has 0 amide bonds. The number of hydrogen-bond donors (Lipinski definition) is 1. The highest BCUT2D eigenvalue weighted by Crippen LogP contribution is 2.24. The Morgan fingerprint density at radius 3 is 2.11 bits per heavy atom. The minimum Gasteiger partial charge on any atom is -0.366 e. The van der Waals surface area contributed by atoms with E-state index in [4.69, 9.17) is 5.26 Å². The van der Waals surface area contributed by atoms with Crippen LogP contribution in [0.2, 0.25) is 0 Å². The fraction of sp³-hybridized carbons (Fsp3) is 0.136. The summed E-state index contributed by atoms with van der Waals surface area (Å²) in [6.45, 7) is 1.39. The van der Waals surface area contributed by atoms with Crippen molar-refractivity contribution in [2.24, 2.45) is 0 Å². The SMILES string of the molecule is N#CCCN(Cc1ccccc1)c1ccc(Nc2ccc([N+](=O)[O-])cc2)cc1. The number of nitrogens with one attached hydrogen (secondary N) is 1. The number of rotatable bonds is 8. The smallest absolute Gasteiger partial charge is 0.269 e. The van der Waals surface area contributed by atoms with E-state index in [2.05, 4.69) is 28.4 Å². The normalized spacial score (nSPS) is 10.1. The van der Waals surface area contributed by atoms with E-state index < -0.39 is 4.92 Å². The molecule has 3 aromatic rings. The first-order valence-corrected chi connectivity index (χ1v) is 8.93. The van der Waals surface area contributed by atoms with Gasteiger partial charge in [0, 0.05) is 42.3 Å². The van der Waals surface area contributed by atoms with Crippen molar-refractivity contribution in [3.8, 4) is 6.07 Å². The number of nitriles is 1. The van der Waals surface area contributed by atoms with Crippen molar-refractivity contribution in [2.45, 2.75) is 13.0 Å². The van der Waals surface area contributed by atoms with Crippen molar-refractivity contribution < 1.29 is 4.92 Å². The lowest BCUT2D eigenvalue weighted by atomic mass is 10.1. The summed E-state index contributed by atoms with van der Waals surface area (Å²) in [7, 11) is 0. The Bertz CT molecular complexity index is 949. The van der Waals surface area contributed by atoms with Crippen molar-refractivity contribution >= 4 is 22.7 Å². The highest BCUT2D eigenvalue weighted by atomic mass is 16.6. The van der Waals surface area contributed by atoms with E-state index in [9.17, 15) is 10.1 Å². The molecule has 6 nitrogen and oxygen atoms in total. The van der Waals surface area contributed by atoms with Crippen LogP contribution < -0.4 is 10.2 Å². The molecule has 0 spiro atoms. The molecule has 140 valence electrons. The molecule has 0 unspecified atom stereocenters. The van der Waals surface area contributed by atoms with E-state index in [-0.39, 0.29) is 5.69 Å². The molecular formula is C22H20N4O2. The number of nitrogens with zero attached hydrogens (tertiary/aromatic N) is 3. The molecule has 3 rings (SSSR count). The lowest BCUT2D eigenvalue weighted by Gasteiger charge is -2.24. The van der Waals surface area contributed by atoms with Gasteiger partial charge in [0.1, 0.15) is 0 Å². The van der Waals surface area contributed by atoms with E-state index in [1.165, 1.54) is 17.7 Å². The van der Waals surface area contributed by atoms with Crippen LogP contribution in [0, 0.1) is 21.4 Å². The van der Waals surface area contributed by atoms with Crippen molar-refractivity contribution in [1.82, 2.24) is 0 Å². The number of nitro groups is 1. The highest BCUT2D eigenvalue weighted by Gasteiger charge is 2.08. The fourth-order valence-electron chi connectivity index (χ4n) is 2.88. The van der Waals surface area contributed by atoms with Gasteiger partial charge in [-0.25, -0.2) is 0 Å². The van der Waals surface area contributed by atoms with Gasteiger partial charge in [-0.1, -0.05) is 30.3 Å². The Hall–Kier alpha value is -3.85. The first-order chi connectivity index (χ1) is 13.7. The molecule has 0 aliphatic carbocycles. The van der Waals surface area contributed by atoms with E-state index in [1.807, 2.05) is 42.5 Å². The summed E-state index contributed by atoms with van der Waals surface area (Å²) >= 11 is 0. The zero-order valence-electron chi connectivity index (χ0n) is 15.3. The van der Waals surface area contributed by atoms with Crippen molar-refractivity contribution in [3.05, 3.63) is 94.5 Å². The maximum atomic E-state index is 10.7. The Morgan fingerprint density at radius 1 is 0.929 bits per heavy atom. The maximum Gasteiger partial charge on any atom is 0.269 e. The van der Waals surface area contributed by atoms with Gasteiger partial charge < -0.3 is 10.2 Å². The average Bonchev–Trinajstić information content (AvgIpc) is 2.73. The van der Waals surface area contributed by atoms with Crippen molar-refractivity contribution in [2.75, 3.05) is 16.8 Å². The standard InChI is InChI=1S/C22H20N4O2/c23-15-4-16-25(17-18-5-2-1-3-6-18)21-11-7-19(8-12-21)24-20-9-13-22(14-10-20)26(27)28/h1-3,5-14,24H,4,16-17H2. The maximum absolute atomic E-state index is 10.7. The predicted molar refractivity (Wildman–Crippen MR) is 111 cm³/mol. The first kappa shape index (κ1) is 18.9. The zero-order chi connectivity index (χ0) is 19.8. The van der Waals surface area contributed by atoms with Gasteiger partial charge in [0.2, 0.25) is 0 Å². The second-order valence-corrected chi connectivity index (χ2v) is 6.29. The number of anilines is 3.